The van der Waals surface area contributed by atoms with Crippen LogP contribution < -0.4 is 14.2 Å². The number of nitrogens with zero attached hydrogens (tertiary/aromatic N) is 5. The first-order valence-electron chi connectivity index (χ1n) is 18.8. The number of para-hydroxylation sites is 2. The minimum atomic E-state index is -3.67. The molecule has 5 aromatic rings. The van der Waals surface area contributed by atoms with E-state index in [0.29, 0.717) is 64.6 Å². The summed E-state index contributed by atoms with van der Waals surface area (Å²) in [5, 5.41) is 0.987. The number of aromatic nitrogens is 3. The van der Waals surface area contributed by atoms with Crippen LogP contribution in [0.2, 0.25) is 10.0 Å². The summed E-state index contributed by atoms with van der Waals surface area (Å²) in [5.74, 6) is 1.64. The Morgan fingerprint density at radius 2 is 1.57 bits per heavy atom. The lowest BCUT2D eigenvalue weighted by molar-refractivity contribution is 0.0777. The molecule has 16 heteroatoms. The van der Waals surface area contributed by atoms with Gasteiger partial charge in [0.25, 0.3) is 16.0 Å². The Hall–Kier alpha value is -4.73. The molecule has 2 fully saturated rings. The number of hydrogen-bond acceptors (Lipinski definition) is 10. The molecule has 2 saturated heterocycles. The first kappa shape index (κ1) is 42.9. The molecule has 4 heterocycles. The Bertz CT molecular complexity index is 2340. The van der Waals surface area contributed by atoms with Gasteiger partial charge >= 0.3 is 0 Å². The van der Waals surface area contributed by atoms with E-state index in [4.69, 9.17) is 46.9 Å². The third-order valence-electron chi connectivity index (χ3n) is 10.9. The van der Waals surface area contributed by atoms with Crippen LogP contribution in [0.25, 0.3) is 11.0 Å². The van der Waals surface area contributed by atoms with Crippen LogP contribution in [0, 0.1) is 5.92 Å². The number of hydrogen-bond donors (Lipinski definition) is 1. The SMILES string of the molecule is COc1cc(C(=O)N2CCC(CCN3CCC(C(=O)c4nc5ccccc5n4Cc4ccccn4)CC3)(c3ccc(Cl)c(Cl)c3)C2)cc(OC)c1OC.CS(=O)(=O)O. The van der Waals surface area contributed by atoms with Gasteiger partial charge in [0.1, 0.15) is 0 Å². The molecule has 2 aliphatic heterocycles. The standard InChI is InChI=1S/C41H43Cl2N5O5.CH4O3S/c1-51-35-22-28(23-36(52-2)38(35)53-3)40(50)47-21-16-41(26-47,29-11-12-31(42)32(43)24-29)15-20-46-18-13-27(14-19-46)37(49)39-45-33-9-4-5-10-34(33)48(39)25-30-8-6-7-17-44-30;1-5(2,3)4/h4-12,17,22-24,27H,13-16,18-21,25-26H2,1-3H3;1H3,(H,2,3,4). The second-order valence-corrected chi connectivity index (χ2v) is 16.9. The smallest absolute Gasteiger partial charge is 0.261 e. The number of carbonyl (C=O) groups excluding carboxylic acids is 2. The molecule has 0 saturated carbocycles. The van der Waals surface area contributed by atoms with Crippen molar-refractivity contribution in [2.75, 3.05) is 60.3 Å². The lowest BCUT2D eigenvalue weighted by atomic mass is 9.76. The van der Waals surface area contributed by atoms with E-state index < -0.39 is 10.1 Å². The molecular weight excluding hydrogens is 805 g/mol. The summed E-state index contributed by atoms with van der Waals surface area (Å²) in [7, 11) is 0.946. The number of fused-ring (bicyclic) bond motifs is 1. The molecule has 58 heavy (non-hydrogen) atoms. The highest BCUT2D eigenvalue weighted by atomic mass is 35.5. The molecule has 1 amide bonds. The number of amides is 1. The molecule has 0 radical (unpaired) electrons. The van der Waals surface area contributed by atoms with Crippen LogP contribution in [0.3, 0.4) is 0 Å². The van der Waals surface area contributed by atoms with Crippen molar-refractivity contribution >= 4 is 56.0 Å². The van der Waals surface area contributed by atoms with Crippen molar-refractivity contribution in [2.24, 2.45) is 5.92 Å². The average Bonchev–Trinajstić information content (AvgIpc) is 3.82. The summed E-state index contributed by atoms with van der Waals surface area (Å²) in [4.78, 5) is 41.7. The highest BCUT2D eigenvalue weighted by Crippen LogP contribution is 2.43. The van der Waals surface area contributed by atoms with Gasteiger partial charge in [-0.25, -0.2) is 4.98 Å². The zero-order valence-electron chi connectivity index (χ0n) is 32.9. The number of carbonyl (C=O) groups is 2. The van der Waals surface area contributed by atoms with Crippen LogP contribution in [0.4, 0.5) is 0 Å². The van der Waals surface area contributed by atoms with Crippen LogP contribution in [0.15, 0.2) is 79.0 Å². The molecule has 3 aromatic carbocycles. The molecule has 1 atom stereocenters. The average molecular weight is 853 g/mol. The molecule has 0 bridgehead atoms. The third-order valence-corrected chi connectivity index (χ3v) is 11.6. The summed E-state index contributed by atoms with van der Waals surface area (Å²) in [6.07, 6.45) is 5.56. The van der Waals surface area contributed by atoms with Crippen molar-refractivity contribution in [2.45, 2.75) is 37.6 Å². The van der Waals surface area contributed by atoms with E-state index in [1.54, 1.807) is 18.3 Å². The molecule has 7 rings (SSSR count). The maximum atomic E-state index is 14.1. The fraction of sp³-hybridized carbons (Fsp3) is 0.381. The van der Waals surface area contributed by atoms with Gasteiger partial charge in [-0.2, -0.15) is 8.42 Å². The summed E-state index contributed by atoms with van der Waals surface area (Å²) in [5.41, 5.74) is 3.81. The number of halogens is 2. The summed E-state index contributed by atoms with van der Waals surface area (Å²) in [6.45, 7) is 3.97. The number of rotatable bonds is 12. The second kappa shape index (κ2) is 18.5. The van der Waals surface area contributed by atoms with E-state index in [9.17, 15) is 18.0 Å². The zero-order chi connectivity index (χ0) is 41.6. The highest BCUT2D eigenvalue weighted by Gasteiger charge is 2.42. The van der Waals surface area contributed by atoms with E-state index in [2.05, 4.69) is 9.88 Å². The Balaban J connectivity index is 0.00000107. The Kier molecular flexibility index (Phi) is 13.6. The highest BCUT2D eigenvalue weighted by molar-refractivity contribution is 7.85. The van der Waals surface area contributed by atoms with E-state index in [1.807, 2.05) is 70.1 Å². The number of ether oxygens (including phenoxy) is 3. The molecule has 13 nitrogen and oxygen atoms in total. The fourth-order valence-corrected chi connectivity index (χ4v) is 8.19. The number of Topliss-reactive ketones (excluding diaryl/α,β-unsaturated/α-hetero) is 1. The fourth-order valence-electron chi connectivity index (χ4n) is 7.89. The van der Waals surface area contributed by atoms with Crippen molar-refractivity contribution in [1.82, 2.24) is 24.3 Å². The van der Waals surface area contributed by atoms with Crippen molar-refractivity contribution in [3.05, 3.63) is 112 Å². The van der Waals surface area contributed by atoms with Gasteiger partial charge in [-0.3, -0.25) is 19.1 Å². The van der Waals surface area contributed by atoms with Gasteiger partial charge in [0.2, 0.25) is 11.5 Å². The van der Waals surface area contributed by atoms with Gasteiger partial charge < -0.3 is 28.6 Å². The largest absolute Gasteiger partial charge is 0.493 e. The Labute approximate surface area is 348 Å². The lowest BCUT2D eigenvalue weighted by Gasteiger charge is -2.36. The van der Waals surface area contributed by atoms with Crippen LogP contribution >= 0.6 is 23.2 Å². The normalized spacial score (nSPS) is 17.5. The number of pyridine rings is 1. The quantitative estimate of drug-likeness (QED) is 0.101. The molecule has 1 N–H and O–H groups in total. The molecular formula is C42H47Cl2N5O8S. The zero-order valence-corrected chi connectivity index (χ0v) is 35.2. The summed E-state index contributed by atoms with van der Waals surface area (Å²) >= 11 is 12.9. The van der Waals surface area contributed by atoms with Crippen LogP contribution in [-0.4, -0.2) is 109 Å². The first-order valence-corrected chi connectivity index (χ1v) is 21.4. The molecule has 0 spiro atoms. The van der Waals surface area contributed by atoms with Crippen LogP contribution in [-0.2, 0) is 22.1 Å². The van der Waals surface area contributed by atoms with Crippen molar-refractivity contribution in [3.8, 4) is 17.2 Å². The van der Waals surface area contributed by atoms with Gasteiger partial charge in [-0.15, -0.1) is 0 Å². The maximum Gasteiger partial charge on any atom is 0.261 e. The number of piperidine rings is 1. The lowest BCUT2D eigenvalue weighted by Crippen LogP contribution is -2.41. The number of ketones is 1. The first-order chi connectivity index (χ1) is 27.7. The minimum absolute atomic E-state index is 0.0841. The maximum absolute atomic E-state index is 14.1. The number of likely N-dealkylation sites (tertiary alicyclic amines) is 2. The molecule has 0 aliphatic carbocycles. The van der Waals surface area contributed by atoms with Gasteiger partial charge in [0, 0.05) is 36.2 Å². The summed E-state index contributed by atoms with van der Waals surface area (Å²) in [6, 6.07) is 22.9. The molecule has 2 aliphatic rings. The monoisotopic (exact) mass is 851 g/mol. The third kappa shape index (κ3) is 9.92. The summed E-state index contributed by atoms with van der Waals surface area (Å²) < 4.78 is 44.4. The topological polar surface area (TPSA) is 153 Å². The van der Waals surface area contributed by atoms with Gasteiger partial charge in [-0.05, 0) is 99.4 Å². The van der Waals surface area contributed by atoms with E-state index in [0.717, 1.165) is 67.6 Å². The van der Waals surface area contributed by atoms with E-state index >= 15 is 0 Å². The number of benzene rings is 3. The Morgan fingerprint density at radius 3 is 2.19 bits per heavy atom. The van der Waals surface area contributed by atoms with Gasteiger partial charge in [0.05, 0.1) is 60.9 Å². The molecule has 308 valence electrons. The second-order valence-electron chi connectivity index (χ2n) is 14.6. The number of imidazole rings is 1. The van der Waals surface area contributed by atoms with Crippen molar-refractivity contribution < 1.29 is 36.8 Å². The van der Waals surface area contributed by atoms with Gasteiger partial charge in [-0.1, -0.05) is 47.5 Å². The Morgan fingerprint density at radius 1 is 0.897 bits per heavy atom. The van der Waals surface area contributed by atoms with Crippen LogP contribution in [0.5, 0.6) is 17.2 Å². The van der Waals surface area contributed by atoms with Crippen LogP contribution in [0.1, 0.15) is 57.9 Å². The van der Waals surface area contributed by atoms with E-state index in [1.165, 1.54) is 21.3 Å². The molecule has 1 unspecified atom stereocenters. The van der Waals surface area contributed by atoms with Crippen molar-refractivity contribution in [3.63, 3.8) is 0 Å². The predicted molar refractivity (Wildman–Crippen MR) is 223 cm³/mol. The van der Waals surface area contributed by atoms with Crippen molar-refractivity contribution in [1.29, 1.82) is 0 Å². The van der Waals surface area contributed by atoms with Gasteiger partial charge in [0.15, 0.2) is 17.3 Å². The molecule has 2 aromatic heterocycles. The minimum Gasteiger partial charge on any atom is -0.493 e. The predicted octanol–water partition coefficient (Wildman–Crippen LogP) is 7.09. The van der Waals surface area contributed by atoms with E-state index in [-0.39, 0.29) is 23.0 Å². The number of methoxy groups -OCH3 is 3.